The highest BCUT2D eigenvalue weighted by Gasteiger charge is 2.21. The molecule has 0 radical (unpaired) electrons. The highest BCUT2D eigenvalue weighted by atomic mass is 79.9. The van der Waals surface area contributed by atoms with Gasteiger partial charge in [0, 0.05) is 6.20 Å². The van der Waals surface area contributed by atoms with E-state index in [1.807, 2.05) is 0 Å². The largest absolute Gasteiger partial charge is 0.329 e. The number of nitrogens with one attached hydrogen (secondary N) is 1. The van der Waals surface area contributed by atoms with Crippen LogP contribution in [-0.2, 0) is 10.0 Å². The van der Waals surface area contributed by atoms with Crippen LogP contribution in [0.4, 0.5) is 0 Å². The quantitative estimate of drug-likeness (QED) is 0.788. The van der Waals surface area contributed by atoms with E-state index in [0.29, 0.717) is 0 Å². The minimum atomic E-state index is -4.04. The Hall–Kier alpha value is -1.22. The van der Waals surface area contributed by atoms with Crippen molar-refractivity contribution in [3.63, 3.8) is 0 Å². The first kappa shape index (κ1) is 14.2. The van der Waals surface area contributed by atoms with Crippen LogP contribution in [0.1, 0.15) is 0 Å². The van der Waals surface area contributed by atoms with Crippen LogP contribution in [0.5, 0.6) is 0 Å². The molecule has 0 unspecified atom stereocenters. The summed E-state index contributed by atoms with van der Waals surface area (Å²) >= 11 is 8.90. The second kappa shape index (κ2) is 5.04. The minimum Gasteiger partial charge on any atom is -0.329 e. The van der Waals surface area contributed by atoms with Gasteiger partial charge in [-0.2, -0.15) is 0 Å². The summed E-state index contributed by atoms with van der Waals surface area (Å²) in [5, 5.41) is 5.15. The maximum Gasteiger partial charge on any atom is 0.257 e. The molecule has 100 valence electrons. The molecule has 19 heavy (non-hydrogen) atoms. The van der Waals surface area contributed by atoms with Crippen LogP contribution in [0, 0.1) is 0 Å². The van der Waals surface area contributed by atoms with Crippen LogP contribution in [-0.4, -0.2) is 18.4 Å². The number of nitrogens with zero attached hydrogens (tertiary/aromatic N) is 1. The van der Waals surface area contributed by atoms with Crippen molar-refractivity contribution in [2.45, 2.75) is 4.90 Å². The summed E-state index contributed by atoms with van der Waals surface area (Å²) in [5.41, 5.74) is -0.503. The number of aromatic amines is 1. The fourth-order valence-electron chi connectivity index (χ4n) is 1.47. The fraction of sp³-hybridized carbons (Fsp3) is 0. The normalized spacial score (nSPS) is 11.5. The SMILES string of the molecule is NS(=O)(=O)c1cc(Br)c(Cl)nc1-c1ccc[nH]c1=O. The monoisotopic (exact) mass is 363 g/mol. The van der Waals surface area contributed by atoms with Crippen molar-refractivity contribution in [1.29, 1.82) is 0 Å². The van der Waals surface area contributed by atoms with Gasteiger partial charge in [0.1, 0.15) is 10.0 Å². The zero-order chi connectivity index (χ0) is 14.2. The molecule has 2 heterocycles. The smallest absolute Gasteiger partial charge is 0.257 e. The highest BCUT2D eigenvalue weighted by Crippen LogP contribution is 2.29. The lowest BCUT2D eigenvalue weighted by molar-refractivity contribution is 0.597. The highest BCUT2D eigenvalue weighted by molar-refractivity contribution is 9.10. The molecule has 2 aromatic heterocycles. The summed E-state index contributed by atoms with van der Waals surface area (Å²) in [6.45, 7) is 0. The number of rotatable bonds is 2. The van der Waals surface area contributed by atoms with Gasteiger partial charge in [-0.1, -0.05) is 11.6 Å². The van der Waals surface area contributed by atoms with Gasteiger partial charge in [0.2, 0.25) is 10.0 Å². The molecule has 2 aromatic rings. The lowest BCUT2D eigenvalue weighted by Gasteiger charge is -2.08. The van der Waals surface area contributed by atoms with Gasteiger partial charge in [0.05, 0.1) is 15.7 Å². The predicted octanol–water partition coefficient (Wildman–Crippen LogP) is 1.50. The summed E-state index contributed by atoms with van der Waals surface area (Å²) in [7, 11) is -4.04. The molecular formula is C10H7BrClN3O3S. The molecule has 9 heteroatoms. The Labute approximate surface area is 121 Å². The third-order valence-corrected chi connectivity index (χ3v) is 4.32. The molecule has 0 saturated carbocycles. The van der Waals surface area contributed by atoms with Crippen molar-refractivity contribution < 1.29 is 8.42 Å². The van der Waals surface area contributed by atoms with Gasteiger partial charge in [-0.15, -0.1) is 0 Å². The van der Waals surface area contributed by atoms with Crippen molar-refractivity contribution in [3.05, 3.63) is 44.4 Å². The minimum absolute atomic E-state index is 0.0330. The van der Waals surface area contributed by atoms with E-state index < -0.39 is 15.6 Å². The molecule has 0 aromatic carbocycles. The summed E-state index contributed by atoms with van der Waals surface area (Å²) in [4.78, 5) is 17.8. The molecule has 6 nitrogen and oxygen atoms in total. The third-order valence-electron chi connectivity index (χ3n) is 2.28. The Morgan fingerprint density at radius 1 is 1.42 bits per heavy atom. The van der Waals surface area contributed by atoms with Crippen molar-refractivity contribution in [1.82, 2.24) is 9.97 Å². The van der Waals surface area contributed by atoms with E-state index in [9.17, 15) is 13.2 Å². The molecule has 0 saturated heterocycles. The summed E-state index contributed by atoms with van der Waals surface area (Å²) in [6, 6.07) is 4.19. The Bertz CT molecular complexity index is 804. The fourth-order valence-corrected chi connectivity index (χ4v) is 2.78. The van der Waals surface area contributed by atoms with E-state index in [1.54, 1.807) is 6.07 Å². The molecule has 0 aliphatic carbocycles. The topological polar surface area (TPSA) is 106 Å². The second-order valence-corrected chi connectivity index (χ2v) is 6.31. The Balaban J connectivity index is 2.88. The Morgan fingerprint density at radius 2 is 2.11 bits per heavy atom. The van der Waals surface area contributed by atoms with Crippen LogP contribution in [0.25, 0.3) is 11.3 Å². The number of hydrogen-bond acceptors (Lipinski definition) is 4. The third kappa shape index (κ3) is 2.86. The van der Waals surface area contributed by atoms with Crippen LogP contribution >= 0.6 is 27.5 Å². The average Bonchev–Trinajstić information content (AvgIpc) is 2.31. The van der Waals surface area contributed by atoms with E-state index in [4.69, 9.17) is 16.7 Å². The summed E-state index contributed by atoms with van der Waals surface area (Å²) < 4.78 is 23.4. The maximum absolute atomic E-state index is 11.7. The molecule has 0 aliphatic heterocycles. The van der Waals surface area contributed by atoms with Crippen LogP contribution in [0.2, 0.25) is 5.15 Å². The molecule has 0 bridgehead atoms. The lowest BCUT2D eigenvalue weighted by atomic mass is 10.2. The van der Waals surface area contributed by atoms with Gasteiger partial charge in [-0.25, -0.2) is 18.5 Å². The van der Waals surface area contributed by atoms with Crippen LogP contribution in [0.3, 0.4) is 0 Å². The first-order valence-electron chi connectivity index (χ1n) is 4.87. The van der Waals surface area contributed by atoms with E-state index in [2.05, 4.69) is 25.9 Å². The van der Waals surface area contributed by atoms with Gasteiger partial charge >= 0.3 is 0 Å². The molecule has 3 N–H and O–H groups in total. The maximum atomic E-state index is 11.7. The number of hydrogen-bond donors (Lipinski definition) is 2. The molecule has 0 amide bonds. The van der Waals surface area contributed by atoms with E-state index in [0.717, 1.165) is 0 Å². The number of halogens is 2. The van der Waals surface area contributed by atoms with Gasteiger partial charge in [-0.3, -0.25) is 4.79 Å². The zero-order valence-corrected chi connectivity index (χ0v) is 12.4. The molecule has 0 spiro atoms. The Morgan fingerprint density at radius 3 is 2.68 bits per heavy atom. The van der Waals surface area contributed by atoms with Gasteiger partial charge in [0.25, 0.3) is 5.56 Å². The second-order valence-electron chi connectivity index (χ2n) is 3.57. The molecular weight excluding hydrogens is 358 g/mol. The predicted molar refractivity (Wildman–Crippen MR) is 74.4 cm³/mol. The summed E-state index contributed by atoms with van der Waals surface area (Å²) in [5.74, 6) is 0. The van der Waals surface area contributed by atoms with E-state index in [-0.39, 0.29) is 25.8 Å². The number of aromatic nitrogens is 2. The van der Waals surface area contributed by atoms with Crippen molar-refractivity contribution >= 4 is 37.6 Å². The molecule has 0 aliphatic rings. The molecule has 2 rings (SSSR count). The van der Waals surface area contributed by atoms with Gasteiger partial charge < -0.3 is 4.98 Å². The number of nitrogens with two attached hydrogens (primary N) is 1. The number of sulfonamides is 1. The summed E-state index contributed by atoms with van der Waals surface area (Å²) in [6.07, 6.45) is 1.42. The van der Waals surface area contributed by atoms with Crippen molar-refractivity contribution in [3.8, 4) is 11.3 Å². The Kier molecular flexibility index (Phi) is 3.77. The van der Waals surface area contributed by atoms with Crippen LogP contribution < -0.4 is 10.7 Å². The van der Waals surface area contributed by atoms with Crippen LogP contribution in [0.15, 0.2) is 38.6 Å². The van der Waals surface area contributed by atoms with Gasteiger partial charge in [-0.05, 0) is 34.1 Å². The van der Waals surface area contributed by atoms with Crippen molar-refractivity contribution in [2.75, 3.05) is 0 Å². The zero-order valence-electron chi connectivity index (χ0n) is 9.22. The standard InChI is InChI=1S/C10H7BrClN3O3S/c11-6-4-7(19(13,17)18)8(15-9(6)12)5-2-1-3-14-10(5)16/h1-4H,(H,14,16)(H2,13,17,18). The van der Waals surface area contributed by atoms with Crippen molar-refractivity contribution in [2.24, 2.45) is 5.14 Å². The number of H-pyrrole nitrogens is 1. The van der Waals surface area contributed by atoms with E-state index in [1.165, 1.54) is 18.3 Å². The average molecular weight is 365 g/mol. The van der Waals surface area contributed by atoms with Gasteiger partial charge in [0.15, 0.2) is 0 Å². The molecule has 0 atom stereocenters. The first-order valence-corrected chi connectivity index (χ1v) is 7.59. The number of primary sulfonamides is 1. The van der Waals surface area contributed by atoms with E-state index >= 15 is 0 Å². The number of pyridine rings is 2. The molecule has 0 fully saturated rings. The lowest BCUT2D eigenvalue weighted by Crippen LogP contribution is -2.17. The first-order chi connectivity index (χ1) is 8.80.